The van der Waals surface area contributed by atoms with Crippen LogP contribution in [0, 0.1) is 12.7 Å². The molecule has 3 rings (SSSR count). The van der Waals surface area contributed by atoms with E-state index in [0.29, 0.717) is 11.5 Å². The second-order valence-electron chi connectivity index (χ2n) is 6.62. The molecule has 0 unspecified atom stereocenters. The zero-order chi connectivity index (χ0) is 21.7. The smallest absolute Gasteiger partial charge is 0.262 e. The molecule has 0 spiro atoms. The third-order valence-corrected chi connectivity index (χ3v) is 4.89. The van der Waals surface area contributed by atoms with Gasteiger partial charge in [-0.25, -0.2) is 9.82 Å². The van der Waals surface area contributed by atoms with Crippen molar-refractivity contribution in [2.45, 2.75) is 19.9 Å². The molecule has 0 aliphatic carbocycles. The lowest BCUT2D eigenvalue weighted by atomic mass is 10.1. The monoisotopic (exact) mass is 471 g/mol. The number of nitrogens with zero attached hydrogens (tertiary/aromatic N) is 1. The van der Waals surface area contributed by atoms with E-state index in [-0.39, 0.29) is 5.56 Å². The number of benzene rings is 2. The van der Waals surface area contributed by atoms with Crippen LogP contribution in [0.25, 0.3) is 11.3 Å². The van der Waals surface area contributed by atoms with Gasteiger partial charge < -0.3 is 9.73 Å². The van der Waals surface area contributed by atoms with E-state index in [1.54, 1.807) is 6.07 Å². The summed E-state index contributed by atoms with van der Waals surface area (Å²) in [5.74, 6) is -0.311. The van der Waals surface area contributed by atoms with Crippen molar-refractivity contribution in [3.63, 3.8) is 0 Å². The van der Waals surface area contributed by atoms with Crippen molar-refractivity contribution in [3.8, 4) is 11.3 Å². The van der Waals surface area contributed by atoms with Crippen LogP contribution in [0.1, 0.15) is 28.6 Å². The maximum absolute atomic E-state index is 12.9. The SMILES string of the molecule is Cc1ccc(-c2ccc(/C=N\NC(=O)[C@H](C)NC(=O)c3ccc(F)cc3)o2)c(Br)c1. The number of rotatable bonds is 6. The molecule has 0 fully saturated rings. The summed E-state index contributed by atoms with van der Waals surface area (Å²) in [6.07, 6.45) is 1.37. The molecule has 2 N–H and O–H groups in total. The fourth-order valence-corrected chi connectivity index (χ4v) is 3.28. The summed E-state index contributed by atoms with van der Waals surface area (Å²) < 4.78 is 19.6. The summed E-state index contributed by atoms with van der Waals surface area (Å²) in [5.41, 5.74) is 4.64. The van der Waals surface area contributed by atoms with Crippen LogP contribution in [0.2, 0.25) is 0 Å². The van der Waals surface area contributed by atoms with Crippen LogP contribution in [0.15, 0.2) is 68.6 Å². The average molecular weight is 472 g/mol. The number of aryl methyl sites for hydroxylation is 1. The molecule has 0 saturated heterocycles. The Morgan fingerprint density at radius 3 is 2.57 bits per heavy atom. The van der Waals surface area contributed by atoms with Gasteiger partial charge in [-0.05, 0) is 67.9 Å². The number of hydrogen-bond acceptors (Lipinski definition) is 4. The van der Waals surface area contributed by atoms with E-state index in [2.05, 4.69) is 31.8 Å². The van der Waals surface area contributed by atoms with Crippen molar-refractivity contribution < 1.29 is 18.4 Å². The zero-order valence-electron chi connectivity index (χ0n) is 16.3. The lowest BCUT2D eigenvalue weighted by molar-refractivity contribution is -0.122. The van der Waals surface area contributed by atoms with Gasteiger partial charge in [-0.1, -0.05) is 22.0 Å². The molecular formula is C22H19BrFN3O3. The highest BCUT2D eigenvalue weighted by atomic mass is 79.9. The number of carbonyl (C=O) groups excluding carboxylic acids is 2. The normalized spacial score (nSPS) is 12.0. The van der Waals surface area contributed by atoms with E-state index >= 15 is 0 Å². The Morgan fingerprint density at radius 2 is 1.87 bits per heavy atom. The third-order valence-electron chi connectivity index (χ3n) is 4.23. The first-order chi connectivity index (χ1) is 14.3. The molecule has 8 heteroatoms. The van der Waals surface area contributed by atoms with Crippen molar-refractivity contribution in [2.24, 2.45) is 5.10 Å². The maximum Gasteiger partial charge on any atom is 0.262 e. The highest BCUT2D eigenvalue weighted by molar-refractivity contribution is 9.10. The molecule has 0 radical (unpaired) electrons. The van der Waals surface area contributed by atoms with Crippen LogP contribution >= 0.6 is 15.9 Å². The van der Waals surface area contributed by atoms with Crippen LogP contribution < -0.4 is 10.7 Å². The second kappa shape index (κ2) is 9.49. The molecular weight excluding hydrogens is 453 g/mol. The highest BCUT2D eigenvalue weighted by Gasteiger charge is 2.16. The molecule has 0 bridgehead atoms. The lowest BCUT2D eigenvalue weighted by Crippen LogP contribution is -2.43. The van der Waals surface area contributed by atoms with Crippen molar-refractivity contribution in [3.05, 3.63) is 81.8 Å². The highest BCUT2D eigenvalue weighted by Crippen LogP contribution is 2.30. The summed E-state index contributed by atoms with van der Waals surface area (Å²) in [7, 11) is 0. The first kappa shape index (κ1) is 21.4. The Hall–Kier alpha value is -3.26. The first-order valence-electron chi connectivity index (χ1n) is 9.09. The topological polar surface area (TPSA) is 83.7 Å². The summed E-state index contributed by atoms with van der Waals surface area (Å²) in [6, 6.07) is 13.7. The molecule has 0 aliphatic heterocycles. The van der Waals surface area contributed by atoms with E-state index in [4.69, 9.17) is 4.42 Å². The number of nitrogens with one attached hydrogen (secondary N) is 2. The van der Waals surface area contributed by atoms with Gasteiger partial charge in [-0.2, -0.15) is 5.10 Å². The number of furan rings is 1. The van der Waals surface area contributed by atoms with Crippen LogP contribution in [-0.4, -0.2) is 24.1 Å². The molecule has 1 heterocycles. The number of hydrogen-bond donors (Lipinski definition) is 2. The predicted molar refractivity (Wildman–Crippen MR) is 116 cm³/mol. The van der Waals surface area contributed by atoms with Gasteiger partial charge in [0.25, 0.3) is 11.8 Å². The Labute approximate surface area is 181 Å². The fraction of sp³-hybridized carbons (Fsp3) is 0.136. The Balaban J connectivity index is 1.56. The molecule has 154 valence electrons. The van der Waals surface area contributed by atoms with Gasteiger partial charge in [0, 0.05) is 15.6 Å². The molecule has 0 saturated carbocycles. The molecule has 1 aromatic heterocycles. The average Bonchev–Trinajstić information content (AvgIpc) is 3.16. The predicted octanol–water partition coefficient (Wildman–Crippen LogP) is 4.43. The Bertz CT molecular complexity index is 1090. The maximum atomic E-state index is 12.9. The van der Waals surface area contributed by atoms with Crippen molar-refractivity contribution in [1.82, 2.24) is 10.7 Å². The number of hydrazone groups is 1. The minimum atomic E-state index is -0.838. The Kier molecular flexibility index (Phi) is 6.79. The minimum absolute atomic E-state index is 0.255. The van der Waals surface area contributed by atoms with E-state index in [9.17, 15) is 14.0 Å². The van der Waals surface area contributed by atoms with Gasteiger partial charge >= 0.3 is 0 Å². The van der Waals surface area contributed by atoms with Crippen molar-refractivity contribution in [2.75, 3.05) is 0 Å². The van der Waals surface area contributed by atoms with Crippen LogP contribution in [-0.2, 0) is 4.79 Å². The van der Waals surface area contributed by atoms with E-state index in [0.717, 1.165) is 15.6 Å². The summed E-state index contributed by atoms with van der Waals surface area (Å²) in [4.78, 5) is 24.2. The molecule has 0 aliphatic rings. The lowest BCUT2D eigenvalue weighted by Gasteiger charge is -2.12. The van der Waals surface area contributed by atoms with Gasteiger partial charge in [0.2, 0.25) is 0 Å². The third kappa shape index (κ3) is 5.42. The molecule has 6 nitrogen and oxygen atoms in total. The fourth-order valence-electron chi connectivity index (χ4n) is 2.59. The summed E-state index contributed by atoms with van der Waals surface area (Å²) >= 11 is 3.52. The molecule has 2 amide bonds. The molecule has 3 aromatic rings. The summed E-state index contributed by atoms with van der Waals surface area (Å²) in [6.45, 7) is 3.52. The van der Waals surface area contributed by atoms with E-state index < -0.39 is 23.7 Å². The molecule has 30 heavy (non-hydrogen) atoms. The van der Waals surface area contributed by atoms with Crippen LogP contribution in [0.3, 0.4) is 0 Å². The van der Waals surface area contributed by atoms with Gasteiger partial charge in [0.1, 0.15) is 23.4 Å². The van der Waals surface area contributed by atoms with Crippen LogP contribution in [0.5, 0.6) is 0 Å². The summed E-state index contributed by atoms with van der Waals surface area (Å²) in [5, 5.41) is 6.39. The first-order valence-corrected chi connectivity index (χ1v) is 9.88. The standard InChI is InChI=1S/C22H19BrFN3O3/c1-13-3-9-18(19(23)11-13)20-10-8-17(30-20)12-25-27-21(28)14(2)26-22(29)15-4-6-16(24)7-5-15/h3-12,14H,1-2H3,(H,26,29)(H,27,28)/b25-12-/t14-/m0/s1. The zero-order valence-corrected chi connectivity index (χ0v) is 17.9. The number of halogens is 2. The second-order valence-corrected chi connectivity index (χ2v) is 7.48. The van der Waals surface area contributed by atoms with E-state index in [1.165, 1.54) is 37.4 Å². The van der Waals surface area contributed by atoms with E-state index in [1.807, 2.05) is 31.2 Å². The quantitative estimate of drug-likeness (QED) is 0.412. The van der Waals surface area contributed by atoms with Crippen molar-refractivity contribution >= 4 is 34.0 Å². The Morgan fingerprint density at radius 1 is 1.13 bits per heavy atom. The molecule has 2 aromatic carbocycles. The number of amides is 2. The number of carbonyl (C=O) groups is 2. The minimum Gasteiger partial charge on any atom is -0.455 e. The van der Waals surface area contributed by atoms with Gasteiger partial charge in [-0.15, -0.1) is 0 Å². The van der Waals surface area contributed by atoms with Gasteiger partial charge in [0.15, 0.2) is 0 Å². The molecule has 1 atom stereocenters. The van der Waals surface area contributed by atoms with Crippen LogP contribution in [0.4, 0.5) is 4.39 Å². The van der Waals surface area contributed by atoms with Crippen molar-refractivity contribution in [1.29, 1.82) is 0 Å². The van der Waals surface area contributed by atoms with Gasteiger partial charge in [-0.3, -0.25) is 9.59 Å². The van der Waals surface area contributed by atoms with Gasteiger partial charge in [0.05, 0.1) is 6.21 Å². The largest absolute Gasteiger partial charge is 0.455 e.